The zero-order chi connectivity index (χ0) is 20.4. The van der Waals surface area contributed by atoms with Crippen molar-refractivity contribution in [3.63, 3.8) is 0 Å². The first-order chi connectivity index (χ1) is 13.9. The van der Waals surface area contributed by atoms with Crippen LogP contribution >= 0.6 is 0 Å². The van der Waals surface area contributed by atoms with E-state index >= 15 is 0 Å². The summed E-state index contributed by atoms with van der Waals surface area (Å²) >= 11 is 0. The highest BCUT2D eigenvalue weighted by molar-refractivity contribution is 5.77. The number of piperidine rings is 1. The van der Waals surface area contributed by atoms with Crippen LogP contribution in [-0.4, -0.2) is 60.7 Å². The van der Waals surface area contributed by atoms with Crippen molar-refractivity contribution >= 4 is 17.2 Å². The number of carbonyl (C=O) groups excluding carboxylic acids is 1. The smallest absolute Gasteiger partial charge is 0.365 e. The van der Waals surface area contributed by atoms with E-state index in [2.05, 4.69) is 25.4 Å². The van der Waals surface area contributed by atoms with Gasteiger partial charge in [-0.2, -0.15) is 18.3 Å². The number of nitrogens with one attached hydrogen (secondary N) is 1. The first-order valence-electron chi connectivity index (χ1n) is 9.11. The van der Waals surface area contributed by atoms with Gasteiger partial charge in [0.25, 0.3) is 0 Å². The Morgan fingerprint density at radius 1 is 1.28 bits per heavy atom. The van der Waals surface area contributed by atoms with Crippen LogP contribution in [0.15, 0.2) is 37.1 Å². The van der Waals surface area contributed by atoms with E-state index in [0.717, 1.165) is 11.9 Å². The molecule has 1 aliphatic heterocycles. The molecule has 1 N–H and O–H groups in total. The molecule has 0 aliphatic carbocycles. The minimum Gasteiger partial charge on any atom is -0.365 e. The quantitative estimate of drug-likeness (QED) is 0.718. The summed E-state index contributed by atoms with van der Waals surface area (Å²) in [6.07, 6.45) is 3.68. The summed E-state index contributed by atoms with van der Waals surface area (Å²) in [5.74, 6) is 0.0957. The Bertz CT molecular complexity index is 1020. The van der Waals surface area contributed by atoms with Gasteiger partial charge in [-0.05, 0) is 18.9 Å². The molecule has 8 nitrogen and oxygen atoms in total. The third-order valence-electron chi connectivity index (χ3n) is 4.70. The van der Waals surface area contributed by atoms with E-state index in [-0.39, 0.29) is 12.6 Å². The minimum atomic E-state index is -4.50. The van der Waals surface area contributed by atoms with Crippen molar-refractivity contribution in [2.45, 2.75) is 31.5 Å². The van der Waals surface area contributed by atoms with E-state index in [1.54, 1.807) is 41.6 Å². The maximum absolute atomic E-state index is 12.5. The summed E-state index contributed by atoms with van der Waals surface area (Å²) in [5, 5.41) is 7.45. The highest BCUT2D eigenvalue weighted by Crippen LogP contribution is 2.24. The van der Waals surface area contributed by atoms with Crippen molar-refractivity contribution in [1.29, 1.82) is 0 Å². The van der Waals surface area contributed by atoms with Crippen molar-refractivity contribution in [3.05, 3.63) is 37.1 Å². The fourth-order valence-electron chi connectivity index (χ4n) is 3.39. The SMILES string of the molecule is O=C(CC(F)(F)F)N1CCC[C@@H](Nc2ccnc(-c3cnn4ccncc34)n2)C1. The summed E-state index contributed by atoms with van der Waals surface area (Å²) in [5.41, 5.74) is 1.47. The average Bonchev–Trinajstić information content (AvgIpc) is 3.11. The number of fused-ring (bicyclic) bond motifs is 1. The van der Waals surface area contributed by atoms with Crippen LogP contribution in [0, 0.1) is 0 Å². The first kappa shape index (κ1) is 19.1. The lowest BCUT2D eigenvalue weighted by molar-refractivity contribution is -0.162. The van der Waals surface area contributed by atoms with Crippen LogP contribution in [0.2, 0.25) is 0 Å². The van der Waals surface area contributed by atoms with Gasteiger partial charge in [0, 0.05) is 37.7 Å². The van der Waals surface area contributed by atoms with Gasteiger partial charge in [0.1, 0.15) is 12.2 Å². The van der Waals surface area contributed by atoms with E-state index in [0.29, 0.717) is 30.2 Å². The Labute approximate surface area is 163 Å². The molecular formula is C18H18F3N7O. The normalized spacial score (nSPS) is 17.5. The molecule has 29 heavy (non-hydrogen) atoms. The predicted molar refractivity (Wildman–Crippen MR) is 97.9 cm³/mol. The molecule has 152 valence electrons. The highest BCUT2D eigenvalue weighted by Gasteiger charge is 2.35. The lowest BCUT2D eigenvalue weighted by atomic mass is 10.1. The number of nitrogens with zero attached hydrogens (tertiary/aromatic N) is 6. The summed E-state index contributed by atoms with van der Waals surface area (Å²) < 4.78 is 39.2. The highest BCUT2D eigenvalue weighted by atomic mass is 19.4. The maximum Gasteiger partial charge on any atom is 0.397 e. The van der Waals surface area contributed by atoms with E-state index in [1.165, 1.54) is 4.90 Å². The van der Waals surface area contributed by atoms with Gasteiger partial charge in [-0.25, -0.2) is 14.5 Å². The molecule has 0 bridgehead atoms. The Balaban J connectivity index is 1.47. The number of halogens is 3. The fraction of sp³-hybridized carbons (Fsp3) is 0.389. The monoisotopic (exact) mass is 405 g/mol. The van der Waals surface area contributed by atoms with Crippen LogP contribution in [0.5, 0.6) is 0 Å². The molecule has 3 aromatic rings. The van der Waals surface area contributed by atoms with Gasteiger partial charge < -0.3 is 10.2 Å². The molecule has 1 amide bonds. The van der Waals surface area contributed by atoms with Crippen LogP contribution in [0.1, 0.15) is 19.3 Å². The van der Waals surface area contributed by atoms with Crippen molar-refractivity contribution in [2.24, 2.45) is 0 Å². The number of amides is 1. The van der Waals surface area contributed by atoms with Crippen LogP contribution in [0.3, 0.4) is 0 Å². The van der Waals surface area contributed by atoms with E-state index in [1.807, 2.05) is 0 Å². The Kier molecular flexibility index (Phi) is 5.03. The van der Waals surface area contributed by atoms with Crippen LogP contribution in [0.4, 0.5) is 19.0 Å². The molecule has 1 aliphatic rings. The third-order valence-corrected chi connectivity index (χ3v) is 4.70. The van der Waals surface area contributed by atoms with Crippen LogP contribution < -0.4 is 5.32 Å². The molecule has 1 fully saturated rings. The second-order valence-electron chi connectivity index (χ2n) is 6.85. The largest absolute Gasteiger partial charge is 0.397 e. The average molecular weight is 405 g/mol. The number of anilines is 1. The van der Waals surface area contributed by atoms with Gasteiger partial charge in [-0.15, -0.1) is 0 Å². The van der Waals surface area contributed by atoms with Crippen LogP contribution in [-0.2, 0) is 4.79 Å². The van der Waals surface area contributed by atoms with Crippen molar-refractivity contribution < 1.29 is 18.0 Å². The molecule has 3 aromatic heterocycles. The predicted octanol–water partition coefficient (Wildman–Crippen LogP) is 2.54. The first-order valence-corrected chi connectivity index (χ1v) is 9.11. The van der Waals surface area contributed by atoms with E-state index in [4.69, 9.17) is 0 Å². The van der Waals surface area contributed by atoms with Gasteiger partial charge in [0.2, 0.25) is 5.91 Å². The van der Waals surface area contributed by atoms with Gasteiger partial charge in [0.15, 0.2) is 5.82 Å². The van der Waals surface area contributed by atoms with Gasteiger partial charge in [-0.1, -0.05) is 0 Å². The molecule has 1 atom stereocenters. The number of rotatable bonds is 4. The fourth-order valence-corrected chi connectivity index (χ4v) is 3.39. The second-order valence-corrected chi connectivity index (χ2v) is 6.85. The van der Waals surface area contributed by atoms with Gasteiger partial charge in [-0.3, -0.25) is 9.78 Å². The zero-order valence-corrected chi connectivity index (χ0v) is 15.3. The number of aromatic nitrogens is 5. The molecule has 1 saturated heterocycles. The summed E-state index contributed by atoms with van der Waals surface area (Å²) in [4.78, 5) is 26.0. The lowest BCUT2D eigenvalue weighted by Gasteiger charge is -2.33. The molecule has 4 heterocycles. The molecular weight excluding hydrogens is 387 g/mol. The van der Waals surface area contributed by atoms with E-state index in [9.17, 15) is 18.0 Å². The van der Waals surface area contributed by atoms with Gasteiger partial charge in [0.05, 0.1) is 23.5 Å². The minimum absolute atomic E-state index is 0.186. The molecule has 0 aromatic carbocycles. The number of likely N-dealkylation sites (tertiary alicyclic amines) is 1. The maximum atomic E-state index is 12.5. The second kappa shape index (κ2) is 7.64. The Morgan fingerprint density at radius 2 is 2.14 bits per heavy atom. The number of carbonyl (C=O) groups is 1. The topological polar surface area (TPSA) is 88.3 Å². The van der Waals surface area contributed by atoms with Crippen molar-refractivity contribution in [1.82, 2.24) is 29.5 Å². The van der Waals surface area contributed by atoms with Crippen LogP contribution in [0.25, 0.3) is 16.9 Å². The number of hydrogen-bond donors (Lipinski definition) is 1. The lowest BCUT2D eigenvalue weighted by Crippen LogP contribution is -2.46. The summed E-state index contributed by atoms with van der Waals surface area (Å²) in [7, 11) is 0. The molecule has 0 saturated carbocycles. The standard InChI is InChI=1S/C18H18F3N7O/c19-18(20,21)8-16(29)27-6-1-2-12(11-27)25-15-3-4-23-17(26-15)13-9-24-28-7-5-22-10-14(13)28/h3-5,7,9-10,12H,1-2,6,8,11H2,(H,23,25,26)/t12-/m1/s1. The number of alkyl halides is 3. The molecule has 0 radical (unpaired) electrons. The zero-order valence-electron chi connectivity index (χ0n) is 15.3. The molecule has 11 heteroatoms. The van der Waals surface area contributed by atoms with Gasteiger partial charge >= 0.3 is 6.18 Å². The third kappa shape index (κ3) is 4.44. The Morgan fingerprint density at radius 3 is 2.97 bits per heavy atom. The van der Waals surface area contributed by atoms with E-state index < -0.39 is 18.5 Å². The van der Waals surface area contributed by atoms with Crippen molar-refractivity contribution in [2.75, 3.05) is 18.4 Å². The summed E-state index contributed by atoms with van der Waals surface area (Å²) in [6.45, 7) is 0.534. The number of hydrogen-bond acceptors (Lipinski definition) is 6. The Hall–Kier alpha value is -3.24. The molecule has 0 spiro atoms. The molecule has 4 rings (SSSR count). The summed E-state index contributed by atoms with van der Waals surface area (Å²) in [6, 6.07) is 1.50. The van der Waals surface area contributed by atoms with Crippen molar-refractivity contribution in [3.8, 4) is 11.4 Å². The molecule has 0 unspecified atom stereocenters.